The van der Waals surface area contributed by atoms with Crippen molar-refractivity contribution in [2.24, 2.45) is 7.05 Å². The van der Waals surface area contributed by atoms with E-state index in [0.717, 1.165) is 29.1 Å². The van der Waals surface area contributed by atoms with Crippen molar-refractivity contribution in [2.45, 2.75) is 40.2 Å². The maximum atomic E-state index is 12.3. The average molecular weight is 330 g/mol. The predicted molar refractivity (Wildman–Crippen MR) is 95.5 cm³/mol. The Labute approximate surface area is 143 Å². The van der Waals surface area contributed by atoms with E-state index in [2.05, 4.69) is 22.7 Å². The molecule has 0 unspecified atom stereocenters. The number of hydrogen-bond acceptors (Lipinski definition) is 3. The van der Waals surface area contributed by atoms with Crippen LogP contribution >= 0.6 is 0 Å². The normalized spacial score (nSPS) is 11.9. The molecule has 6 heteroatoms. The number of anilines is 1. The lowest BCUT2D eigenvalue weighted by molar-refractivity contribution is 0.249. The molecule has 1 aromatic heterocycles. The van der Waals surface area contributed by atoms with Gasteiger partial charge >= 0.3 is 6.03 Å². The van der Waals surface area contributed by atoms with Crippen LogP contribution in [0.25, 0.3) is 0 Å². The van der Waals surface area contributed by atoms with Gasteiger partial charge in [-0.15, -0.1) is 0 Å². The number of hydrogen-bond donors (Lipinski definition) is 2. The molecule has 0 spiro atoms. The molecule has 0 saturated carbocycles. The minimum absolute atomic E-state index is 0.127. The summed E-state index contributed by atoms with van der Waals surface area (Å²) in [4.78, 5) is 12.3. The van der Waals surface area contributed by atoms with Crippen LogP contribution in [-0.4, -0.2) is 22.4 Å². The Morgan fingerprint density at radius 2 is 2.12 bits per heavy atom. The van der Waals surface area contributed by atoms with E-state index in [4.69, 9.17) is 4.74 Å². The van der Waals surface area contributed by atoms with Crippen molar-refractivity contribution >= 4 is 11.7 Å². The number of ether oxygens (including phenoxy) is 1. The van der Waals surface area contributed by atoms with Crippen molar-refractivity contribution in [3.8, 4) is 5.75 Å². The maximum Gasteiger partial charge on any atom is 0.319 e. The quantitative estimate of drug-likeness (QED) is 0.848. The van der Waals surface area contributed by atoms with Crippen LogP contribution in [0.15, 0.2) is 24.3 Å². The van der Waals surface area contributed by atoms with E-state index in [1.54, 1.807) is 0 Å². The van der Waals surface area contributed by atoms with Gasteiger partial charge in [-0.2, -0.15) is 5.10 Å². The molecule has 1 heterocycles. The molecular formula is C18H26N4O2. The number of carbonyl (C=O) groups excluding carboxylic acids is 1. The number of benzene rings is 1. The molecule has 0 bridgehead atoms. The molecule has 2 amide bonds. The first kappa shape index (κ1) is 17.8. The summed E-state index contributed by atoms with van der Waals surface area (Å²) >= 11 is 0. The van der Waals surface area contributed by atoms with Crippen LogP contribution in [-0.2, 0) is 7.05 Å². The first-order valence-corrected chi connectivity index (χ1v) is 8.22. The SMILES string of the molecule is CCCOc1cccc(NC(=O)N[C@H](C)c2c(C)nn(C)c2C)c1. The van der Waals surface area contributed by atoms with Gasteiger partial charge in [0.1, 0.15) is 5.75 Å². The van der Waals surface area contributed by atoms with Gasteiger partial charge in [-0.05, 0) is 39.3 Å². The second-order valence-electron chi connectivity index (χ2n) is 5.90. The van der Waals surface area contributed by atoms with E-state index < -0.39 is 0 Å². The summed E-state index contributed by atoms with van der Waals surface area (Å²) in [5.74, 6) is 0.752. The van der Waals surface area contributed by atoms with E-state index in [0.29, 0.717) is 12.3 Å². The monoisotopic (exact) mass is 330 g/mol. The smallest absolute Gasteiger partial charge is 0.319 e. The largest absolute Gasteiger partial charge is 0.494 e. The van der Waals surface area contributed by atoms with Gasteiger partial charge in [-0.25, -0.2) is 4.79 Å². The van der Waals surface area contributed by atoms with Crippen molar-refractivity contribution in [3.63, 3.8) is 0 Å². The molecule has 0 aliphatic heterocycles. The van der Waals surface area contributed by atoms with Crippen LogP contribution in [0, 0.1) is 13.8 Å². The highest BCUT2D eigenvalue weighted by Crippen LogP contribution is 2.21. The number of aromatic nitrogens is 2. The summed E-state index contributed by atoms with van der Waals surface area (Å²) in [6.45, 7) is 8.62. The summed E-state index contributed by atoms with van der Waals surface area (Å²) in [6, 6.07) is 7.02. The number of urea groups is 1. The Bertz CT molecular complexity index is 709. The zero-order valence-corrected chi connectivity index (χ0v) is 15.0. The highest BCUT2D eigenvalue weighted by molar-refractivity contribution is 5.89. The number of nitrogens with one attached hydrogen (secondary N) is 2. The topological polar surface area (TPSA) is 68.2 Å². The van der Waals surface area contributed by atoms with Gasteiger partial charge < -0.3 is 15.4 Å². The van der Waals surface area contributed by atoms with E-state index in [9.17, 15) is 4.79 Å². The summed E-state index contributed by atoms with van der Waals surface area (Å²) in [6.07, 6.45) is 0.944. The summed E-state index contributed by atoms with van der Waals surface area (Å²) in [7, 11) is 1.90. The number of nitrogens with zero attached hydrogens (tertiary/aromatic N) is 2. The third-order valence-electron chi connectivity index (χ3n) is 3.91. The molecular weight excluding hydrogens is 304 g/mol. The number of amides is 2. The van der Waals surface area contributed by atoms with Crippen LogP contribution < -0.4 is 15.4 Å². The summed E-state index contributed by atoms with van der Waals surface area (Å²) in [5.41, 5.74) is 3.73. The fourth-order valence-corrected chi connectivity index (χ4v) is 2.74. The second kappa shape index (κ2) is 7.86. The molecule has 2 rings (SSSR count). The van der Waals surface area contributed by atoms with Crippen molar-refractivity contribution in [2.75, 3.05) is 11.9 Å². The Morgan fingerprint density at radius 3 is 2.75 bits per heavy atom. The number of aryl methyl sites for hydroxylation is 2. The predicted octanol–water partition coefficient (Wildman–Crippen LogP) is 3.71. The molecule has 130 valence electrons. The minimum atomic E-state index is -0.252. The van der Waals surface area contributed by atoms with Crippen LogP contribution in [0.1, 0.15) is 43.3 Å². The lowest BCUT2D eigenvalue weighted by Gasteiger charge is -2.16. The first-order chi connectivity index (χ1) is 11.4. The number of carbonyl (C=O) groups is 1. The highest BCUT2D eigenvalue weighted by Gasteiger charge is 2.18. The molecule has 0 aliphatic carbocycles. The number of rotatable bonds is 6. The molecule has 0 radical (unpaired) electrons. The van der Waals surface area contributed by atoms with Gasteiger partial charge in [0.05, 0.1) is 18.3 Å². The maximum absolute atomic E-state index is 12.3. The minimum Gasteiger partial charge on any atom is -0.494 e. The summed E-state index contributed by atoms with van der Waals surface area (Å²) < 4.78 is 7.41. The van der Waals surface area contributed by atoms with E-state index in [-0.39, 0.29) is 12.1 Å². The van der Waals surface area contributed by atoms with E-state index in [1.165, 1.54) is 0 Å². The molecule has 2 N–H and O–H groups in total. The molecule has 24 heavy (non-hydrogen) atoms. The van der Waals surface area contributed by atoms with E-state index >= 15 is 0 Å². The van der Waals surface area contributed by atoms with Gasteiger partial charge in [0.25, 0.3) is 0 Å². The van der Waals surface area contributed by atoms with E-state index in [1.807, 2.05) is 56.8 Å². The van der Waals surface area contributed by atoms with Crippen molar-refractivity contribution in [1.82, 2.24) is 15.1 Å². The van der Waals surface area contributed by atoms with Crippen LogP contribution in [0.5, 0.6) is 5.75 Å². The second-order valence-corrected chi connectivity index (χ2v) is 5.90. The lowest BCUT2D eigenvalue weighted by atomic mass is 10.1. The molecule has 1 aromatic carbocycles. The van der Waals surface area contributed by atoms with Crippen LogP contribution in [0.4, 0.5) is 10.5 Å². The fraction of sp³-hybridized carbons (Fsp3) is 0.444. The Hall–Kier alpha value is -2.50. The Balaban J connectivity index is 2.00. The van der Waals surface area contributed by atoms with Gasteiger partial charge in [-0.1, -0.05) is 13.0 Å². The summed E-state index contributed by atoms with van der Waals surface area (Å²) in [5, 5.41) is 10.2. The van der Waals surface area contributed by atoms with Crippen molar-refractivity contribution < 1.29 is 9.53 Å². The molecule has 1 atom stereocenters. The Kier molecular flexibility index (Phi) is 5.84. The first-order valence-electron chi connectivity index (χ1n) is 8.22. The Morgan fingerprint density at radius 1 is 1.38 bits per heavy atom. The zero-order valence-electron chi connectivity index (χ0n) is 15.0. The zero-order chi connectivity index (χ0) is 17.7. The third-order valence-corrected chi connectivity index (χ3v) is 3.91. The van der Waals surface area contributed by atoms with Crippen molar-refractivity contribution in [1.29, 1.82) is 0 Å². The third kappa shape index (κ3) is 4.28. The lowest BCUT2D eigenvalue weighted by Crippen LogP contribution is -2.31. The van der Waals surface area contributed by atoms with Gasteiger partial charge in [0.15, 0.2) is 0 Å². The van der Waals surface area contributed by atoms with Crippen LogP contribution in [0.2, 0.25) is 0 Å². The van der Waals surface area contributed by atoms with Gasteiger partial charge in [0.2, 0.25) is 0 Å². The molecule has 0 aliphatic rings. The van der Waals surface area contributed by atoms with Crippen LogP contribution in [0.3, 0.4) is 0 Å². The molecule has 2 aromatic rings. The average Bonchev–Trinajstić information content (AvgIpc) is 2.78. The van der Waals surface area contributed by atoms with Gasteiger partial charge in [-0.3, -0.25) is 4.68 Å². The molecule has 0 fully saturated rings. The van der Waals surface area contributed by atoms with Crippen molar-refractivity contribution in [3.05, 3.63) is 41.2 Å². The molecule has 6 nitrogen and oxygen atoms in total. The fourth-order valence-electron chi connectivity index (χ4n) is 2.74. The standard InChI is InChI=1S/C18H26N4O2/c1-6-10-24-16-9-7-8-15(11-16)20-18(23)19-12(2)17-13(3)21-22(5)14(17)4/h7-9,11-12H,6,10H2,1-5H3,(H2,19,20,23)/t12-/m1/s1. The highest BCUT2D eigenvalue weighted by atomic mass is 16.5. The van der Waals surface area contributed by atoms with Gasteiger partial charge in [0, 0.05) is 30.1 Å². The molecule has 0 saturated heterocycles.